The van der Waals surface area contributed by atoms with E-state index in [1.54, 1.807) is 12.1 Å². The molecule has 0 saturated carbocycles. The molecule has 111 valence electrons. The molecule has 3 amide bonds. The summed E-state index contributed by atoms with van der Waals surface area (Å²) in [5, 5.41) is 15.5. The number of rotatable bonds is 7. The van der Waals surface area contributed by atoms with Crippen molar-refractivity contribution < 1.29 is 24.3 Å². The van der Waals surface area contributed by atoms with Gasteiger partial charge in [0.1, 0.15) is 12.8 Å². The van der Waals surface area contributed by atoms with E-state index in [-0.39, 0.29) is 18.5 Å². The molecule has 0 aliphatic carbocycles. The summed E-state index contributed by atoms with van der Waals surface area (Å²) in [7, 11) is 0. The molecule has 0 aliphatic heterocycles. The van der Waals surface area contributed by atoms with Crippen molar-refractivity contribution in [3.8, 4) is 0 Å². The lowest BCUT2D eigenvalue weighted by molar-refractivity contribution is -0.136. The highest BCUT2D eigenvalue weighted by Gasteiger charge is 2.07. The van der Waals surface area contributed by atoms with Gasteiger partial charge in [-0.3, -0.25) is 9.59 Å². The van der Waals surface area contributed by atoms with Crippen LogP contribution in [0.1, 0.15) is 16.8 Å². The average molecular weight is 292 g/mol. The number of carboxylic acid groups (broad SMARTS) is 1. The summed E-state index contributed by atoms with van der Waals surface area (Å²) in [6.45, 7) is 0.955. The zero-order valence-electron chi connectivity index (χ0n) is 11.0. The van der Waals surface area contributed by atoms with Gasteiger partial charge in [0.05, 0.1) is 6.42 Å². The lowest BCUT2D eigenvalue weighted by atomic mass is 10.2. The molecule has 0 aromatic heterocycles. The van der Waals surface area contributed by atoms with Crippen molar-refractivity contribution in [2.24, 2.45) is 0 Å². The summed E-state index contributed by atoms with van der Waals surface area (Å²) in [6, 6.07) is 5.49. The fraction of sp³-hybridized carbons (Fsp3) is 0.154. The summed E-state index contributed by atoms with van der Waals surface area (Å²) in [6.07, 6.45) is 0.257. The van der Waals surface area contributed by atoms with E-state index in [1.165, 1.54) is 12.1 Å². The molecule has 0 saturated heterocycles. The van der Waals surface area contributed by atoms with Gasteiger partial charge in [0.25, 0.3) is 5.91 Å². The van der Waals surface area contributed by atoms with Gasteiger partial charge in [-0.25, -0.2) is 4.79 Å². The Morgan fingerprint density at radius 2 is 2.00 bits per heavy atom. The zero-order chi connectivity index (χ0) is 15.7. The maximum absolute atomic E-state index is 11.6. The standard InChI is InChI=1S/C13H14N3O5/c17-7-6-14-12(20)9-2-1-3-10(8-9)16-13(21)15-5-4-11(18)19/h1-3,6-8H,4-5H2,(H,14,20)(H,18,19)(H2,15,16,21). The van der Waals surface area contributed by atoms with Gasteiger partial charge in [-0.15, -0.1) is 0 Å². The summed E-state index contributed by atoms with van der Waals surface area (Å²) < 4.78 is 0. The van der Waals surface area contributed by atoms with Crippen molar-refractivity contribution in [2.45, 2.75) is 6.42 Å². The molecule has 8 nitrogen and oxygen atoms in total. The highest BCUT2D eigenvalue weighted by atomic mass is 16.4. The number of carbonyl (C=O) groups excluding carboxylic acids is 3. The number of hydrogen-bond donors (Lipinski definition) is 4. The van der Waals surface area contributed by atoms with Crippen LogP contribution in [0.15, 0.2) is 24.3 Å². The number of hydrogen-bond acceptors (Lipinski definition) is 4. The summed E-state index contributed by atoms with van der Waals surface area (Å²) in [5.74, 6) is -1.50. The van der Waals surface area contributed by atoms with Gasteiger partial charge >= 0.3 is 12.0 Å². The van der Waals surface area contributed by atoms with E-state index >= 15 is 0 Å². The van der Waals surface area contributed by atoms with Crippen molar-refractivity contribution in [2.75, 3.05) is 11.9 Å². The van der Waals surface area contributed by atoms with Crippen molar-refractivity contribution in [3.05, 3.63) is 36.4 Å². The molecule has 0 bridgehead atoms. The minimum absolute atomic E-state index is 0.00433. The highest BCUT2D eigenvalue weighted by molar-refractivity contribution is 5.98. The van der Waals surface area contributed by atoms with Crippen molar-refractivity contribution >= 4 is 29.9 Å². The van der Waals surface area contributed by atoms with Gasteiger partial charge in [0.15, 0.2) is 0 Å². The van der Waals surface area contributed by atoms with Crippen LogP contribution in [0.25, 0.3) is 0 Å². The Labute approximate surface area is 120 Å². The van der Waals surface area contributed by atoms with Crippen molar-refractivity contribution in [1.82, 2.24) is 10.6 Å². The van der Waals surface area contributed by atoms with E-state index in [4.69, 9.17) is 5.11 Å². The Bertz CT molecular complexity index is 544. The predicted octanol–water partition coefficient (Wildman–Crippen LogP) is 0.373. The molecule has 0 atom stereocenters. The molecule has 1 aromatic rings. The fourth-order valence-corrected chi connectivity index (χ4v) is 1.39. The maximum atomic E-state index is 11.6. The molecule has 1 radical (unpaired) electrons. The number of anilines is 1. The second-order valence-corrected chi connectivity index (χ2v) is 3.88. The lowest BCUT2D eigenvalue weighted by Crippen LogP contribution is -2.30. The van der Waals surface area contributed by atoms with E-state index < -0.39 is 17.9 Å². The first kappa shape index (κ1) is 16.2. The van der Waals surface area contributed by atoms with E-state index in [2.05, 4.69) is 16.0 Å². The van der Waals surface area contributed by atoms with Crippen LogP contribution in [0.3, 0.4) is 0 Å². The quantitative estimate of drug-likeness (QED) is 0.540. The predicted molar refractivity (Wildman–Crippen MR) is 73.5 cm³/mol. The first-order valence-corrected chi connectivity index (χ1v) is 5.97. The number of aldehydes is 1. The molecule has 4 N–H and O–H groups in total. The normalized spacial score (nSPS) is 9.52. The molecule has 8 heteroatoms. The Morgan fingerprint density at radius 3 is 2.67 bits per heavy atom. The minimum atomic E-state index is -1.01. The van der Waals surface area contributed by atoms with Gasteiger partial charge in [-0.2, -0.15) is 0 Å². The number of amides is 3. The molecule has 0 unspecified atom stereocenters. The number of aliphatic carboxylic acids is 1. The van der Waals surface area contributed by atoms with Crippen LogP contribution < -0.4 is 16.0 Å². The fourth-order valence-electron chi connectivity index (χ4n) is 1.39. The molecule has 0 aliphatic rings. The molecule has 0 heterocycles. The average Bonchev–Trinajstić information content (AvgIpc) is 2.44. The van der Waals surface area contributed by atoms with E-state index in [1.807, 2.05) is 0 Å². The third-order valence-corrected chi connectivity index (χ3v) is 2.29. The molecule has 21 heavy (non-hydrogen) atoms. The summed E-state index contributed by atoms with van der Waals surface area (Å²) in [4.78, 5) is 43.5. The van der Waals surface area contributed by atoms with E-state index in [9.17, 15) is 19.2 Å². The van der Waals surface area contributed by atoms with Crippen LogP contribution >= 0.6 is 0 Å². The molecule has 1 rings (SSSR count). The second kappa shape index (κ2) is 8.31. The van der Waals surface area contributed by atoms with Crippen molar-refractivity contribution in [3.63, 3.8) is 0 Å². The SMILES string of the molecule is O=C[CH]NC(=O)c1cccc(NC(=O)NCCC(=O)O)c1. The zero-order valence-corrected chi connectivity index (χ0v) is 11.0. The smallest absolute Gasteiger partial charge is 0.319 e. The van der Waals surface area contributed by atoms with Crippen LogP contribution in [-0.2, 0) is 9.59 Å². The molecule has 1 aromatic carbocycles. The third-order valence-electron chi connectivity index (χ3n) is 2.29. The molecule has 0 fully saturated rings. The van der Waals surface area contributed by atoms with Crippen LogP contribution in [0.5, 0.6) is 0 Å². The number of carbonyl (C=O) groups is 4. The number of benzene rings is 1. The number of nitrogens with one attached hydrogen (secondary N) is 3. The monoisotopic (exact) mass is 292 g/mol. The Hall–Kier alpha value is -2.90. The first-order chi connectivity index (χ1) is 10.0. The summed E-state index contributed by atoms with van der Waals surface area (Å²) in [5.41, 5.74) is 0.623. The minimum Gasteiger partial charge on any atom is -0.481 e. The second-order valence-electron chi connectivity index (χ2n) is 3.88. The van der Waals surface area contributed by atoms with Crippen LogP contribution in [0.4, 0.5) is 10.5 Å². The molecular formula is C13H14N3O5. The lowest BCUT2D eigenvalue weighted by Gasteiger charge is -2.08. The maximum Gasteiger partial charge on any atom is 0.319 e. The van der Waals surface area contributed by atoms with Crippen LogP contribution in [-0.4, -0.2) is 35.8 Å². The topological polar surface area (TPSA) is 125 Å². The van der Waals surface area contributed by atoms with Gasteiger partial charge in [-0.1, -0.05) is 6.07 Å². The first-order valence-electron chi connectivity index (χ1n) is 5.97. The Kier molecular flexibility index (Phi) is 6.39. The number of carboxylic acids is 1. The van der Waals surface area contributed by atoms with Crippen LogP contribution in [0.2, 0.25) is 0 Å². The van der Waals surface area contributed by atoms with Gasteiger partial charge in [0.2, 0.25) is 0 Å². The molecular weight excluding hydrogens is 278 g/mol. The van der Waals surface area contributed by atoms with E-state index in [0.717, 1.165) is 6.54 Å². The van der Waals surface area contributed by atoms with Gasteiger partial charge < -0.3 is 25.9 Å². The van der Waals surface area contributed by atoms with Crippen LogP contribution in [0, 0.1) is 6.54 Å². The molecule has 0 spiro atoms. The van der Waals surface area contributed by atoms with Gasteiger partial charge in [0, 0.05) is 17.8 Å². The van der Waals surface area contributed by atoms with E-state index in [0.29, 0.717) is 12.0 Å². The Morgan fingerprint density at radius 1 is 1.24 bits per heavy atom. The largest absolute Gasteiger partial charge is 0.481 e. The third kappa shape index (κ3) is 6.19. The summed E-state index contributed by atoms with van der Waals surface area (Å²) >= 11 is 0. The highest BCUT2D eigenvalue weighted by Crippen LogP contribution is 2.10. The van der Waals surface area contributed by atoms with Gasteiger partial charge in [-0.05, 0) is 18.2 Å². The number of urea groups is 1. The Balaban J connectivity index is 2.55. The van der Waals surface area contributed by atoms with Crippen molar-refractivity contribution in [1.29, 1.82) is 0 Å².